The Bertz CT molecular complexity index is 751. The van der Waals surface area contributed by atoms with Crippen LogP contribution in [0.4, 0.5) is 0 Å². The molecule has 4 rings (SSSR count). The van der Waals surface area contributed by atoms with E-state index >= 15 is 0 Å². The molecule has 1 aliphatic rings. The molecule has 116 valence electrons. The molecule has 2 aromatic heterocycles. The van der Waals surface area contributed by atoms with E-state index in [2.05, 4.69) is 62.3 Å². The van der Waals surface area contributed by atoms with Crippen LogP contribution < -0.4 is 0 Å². The lowest BCUT2D eigenvalue weighted by Gasteiger charge is -2.34. The Morgan fingerprint density at radius 2 is 1.91 bits per heavy atom. The molecule has 1 N–H and O–H groups in total. The van der Waals surface area contributed by atoms with Gasteiger partial charge in [-0.05, 0) is 24.1 Å². The van der Waals surface area contributed by atoms with Gasteiger partial charge < -0.3 is 4.98 Å². The number of imidazole rings is 1. The summed E-state index contributed by atoms with van der Waals surface area (Å²) in [7, 11) is 0. The summed E-state index contributed by atoms with van der Waals surface area (Å²) in [5.74, 6) is 0. The van der Waals surface area contributed by atoms with Gasteiger partial charge in [0.1, 0.15) is 0 Å². The molecular weight excluding hydrogens is 284 g/mol. The van der Waals surface area contributed by atoms with Crippen molar-refractivity contribution in [2.24, 2.45) is 0 Å². The molecule has 1 atom stereocenters. The minimum atomic E-state index is 0.300. The van der Waals surface area contributed by atoms with Crippen LogP contribution >= 0.6 is 0 Å². The highest BCUT2D eigenvalue weighted by atomic mass is 15.2. The van der Waals surface area contributed by atoms with Gasteiger partial charge in [-0.15, -0.1) is 0 Å². The first-order chi connectivity index (χ1) is 11.4. The Labute approximate surface area is 136 Å². The van der Waals surface area contributed by atoms with Crippen molar-refractivity contribution in [3.05, 3.63) is 83.7 Å². The van der Waals surface area contributed by atoms with Crippen molar-refractivity contribution in [2.45, 2.75) is 25.4 Å². The second kappa shape index (κ2) is 6.34. The summed E-state index contributed by atoms with van der Waals surface area (Å²) in [6.07, 6.45) is 5.69. The van der Waals surface area contributed by atoms with Crippen LogP contribution in [0.25, 0.3) is 0 Å². The highest BCUT2D eigenvalue weighted by molar-refractivity contribution is 5.25. The third-order valence-corrected chi connectivity index (χ3v) is 4.52. The molecule has 1 unspecified atom stereocenters. The lowest BCUT2D eigenvalue weighted by molar-refractivity contribution is 0.168. The van der Waals surface area contributed by atoms with Crippen LogP contribution in [-0.4, -0.2) is 26.4 Å². The smallest absolute Gasteiger partial charge is 0.0925 e. The highest BCUT2D eigenvalue weighted by Crippen LogP contribution is 2.31. The number of nitrogens with one attached hydrogen (secondary N) is 1. The van der Waals surface area contributed by atoms with Crippen molar-refractivity contribution in [1.29, 1.82) is 0 Å². The first-order valence-electron chi connectivity index (χ1n) is 8.10. The van der Waals surface area contributed by atoms with Gasteiger partial charge in [0.15, 0.2) is 0 Å². The van der Waals surface area contributed by atoms with Crippen LogP contribution in [-0.2, 0) is 19.4 Å². The maximum absolute atomic E-state index is 4.61. The number of hydrogen-bond acceptors (Lipinski definition) is 3. The standard InChI is InChI=1S/C19H20N4/c1-2-6-15(7-3-1)12-18-19-17(21-14-22-19)9-11-23(18)13-16-8-4-5-10-20-16/h1-8,10,14,18H,9,11-13H2,(H,21,22). The molecule has 0 spiro atoms. The summed E-state index contributed by atoms with van der Waals surface area (Å²) in [6.45, 7) is 1.90. The second-order valence-corrected chi connectivity index (χ2v) is 6.01. The van der Waals surface area contributed by atoms with Crippen LogP contribution in [0.1, 0.15) is 28.7 Å². The Balaban J connectivity index is 1.62. The van der Waals surface area contributed by atoms with Crippen LogP contribution in [0.15, 0.2) is 61.1 Å². The van der Waals surface area contributed by atoms with Gasteiger partial charge in [-0.25, -0.2) is 4.98 Å². The summed E-state index contributed by atoms with van der Waals surface area (Å²) in [6, 6.07) is 17.1. The molecule has 0 radical (unpaired) electrons. The Morgan fingerprint density at radius 3 is 2.74 bits per heavy atom. The fourth-order valence-electron chi connectivity index (χ4n) is 3.36. The molecule has 1 aliphatic heterocycles. The molecule has 0 fully saturated rings. The van der Waals surface area contributed by atoms with Crippen molar-refractivity contribution >= 4 is 0 Å². The first-order valence-corrected chi connectivity index (χ1v) is 8.10. The number of fused-ring (bicyclic) bond motifs is 1. The normalized spacial score (nSPS) is 17.8. The van der Waals surface area contributed by atoms with Crippen LogP contribution in [0.2, 0.25) is 0 Å². The summed E-state index contributed by atoms with van der Waals surface area (Å²) < 4.78 is 0. The zero-order chi connectivity index (χ0) is 15.5. The molecular formula is C19H20N4. The fraction of sp³-hybridized carbons (Fsp3) is 0.263. The van der Waals surface area contributed by atoms with Gasteiger partial charge in [0.2, 0.25) is 0 Å². The van der Waals surface area contributed by atoms with E-state index in [4.69, 9.17) is 0 Å². The third kappa shape index (κ3) is 3.03. The Hall–Kier alpha value is -2.46. The SMILES string of the molecule is c1ccc(CC2c3nc[nH]c3CCN2Cc2ccccn2)cc1. The third-order valence-electron chi connectivity index (χ3n) is 4.52. The zero-order valence-corrected chi connectivity index (χ0v) is 13.0. The Morgan fingerprint density at radius 1 is 1.04 bits per heavy atom. The van der Waals surface area contributed by atoms with E-state index in [1.807, 2.05) is 18.6 Å². The largest absolute Gasteiger partial charge is 0.348 e. The van der Waals surface area contributed by atoms with Gasteiger partial charge in [0, 0.05) is 31.4 Å². The van der Waals surface area contributed by atoms with Crippen LogP contribution in [0, 0.1) is 0 Å². The molecule has 0 saturated heterocycles. The number of aromatic nitrogens is 3. The monoisotopic (exact) mass is 304 g/mol. The van der Waals surface area contributed by atoms with E-state index < -0.39 is 0 Å². The second-order valence-electron chi connectivity index (χ2n) is 6.01. The minimum absolute atomic E-state index is 0.300. The molecule has 0 saturated carbocycles. The van der Waals surface area contributed by atoms with E-state index in [1.165, 1.54) is 17.0 Å². The van der Waals surface area contributed by atoms with E-state index in [-0.39, 0.29) is 0 Å². The van der Waals surface area contributed by atoms with E-state index in [1.54, 1.807) is 0 Å². The van der Waals surface area contributed by atoms with E-state index in [0.717, 1.165) is 31.6 Å². The highest BCUT2D eigenvalue weighted by Gasteiger charge is 2.29. The lowest BCUT2D eigenvalue weighted by atomic mass is 9.96. The molecule has 0 bridgehead atoms. The number of aromatic amines is 1. The van der Waals surface area contributed by atoms with E-state index in [0.29, 0.717) is 6.04 Å². The number of H-pyrrole nitrogens is 1. The Kier molecular flexibility index (Phi) is 3.90. The summed E-state index contributed by atoms with van der Waals surface area (Å²) >= 11 is 0. The number of pyridine rings is 1. The van der Waals surface area contributed by atoms with Crippen molar-refractivity contribution in [3.8, 4) is 0 Å². The zero-order valence-electron chi connectivity index (χ0n) is 13.0. The average molecular weight is 304 g/mol. The predicted molar refractivity (Wildman–Crippen MR) is 89.8 cm³/mol. The first kappa shape index (κ1) is 14.2. The molecule has 23 heavy (non-hydrogen) atoms. The van der Waals surface area contributed by atoms with Gasteiger partial charge in [-0.2, -0.15) is 0 Å². The van der Waals surface area contributed by atoms with Crippen molar-refractivity contribution in [3.63, 3.8) is 0 Å². The fourth-order valence-corrected chi connectivity index (χ4v) is 3.36. The van der Waals surface area contributed by atoms with Gasteiger partial charge in [0.25, 0.3) is 0 Å². The molecule has 0 amide bonds. The number of benzene rings is 1. The summed E-state index contributed by atoms with van der Waals surface area (Å²) in [4.78, 5) is 14.9. The van der Waals surface area contributed by atoms with Crippen molar-refractivity contribution in [2.75, 3.05) is 6.54 Å². The lowest BCUT2D eigenvalue weighted by Crippen LogP contribution is -2.36. The maximum atomic E-state index is 4.61. The molecule has 3 aromatic rings. The molecule has 4 heteroatoms. The number of hydrogen-bond donors (Lipinski definition) is 1. The van der Waals surface area contributed by atoms with Crippen molar-refractivity contribution in [1.82, 2.24) is 19.9 Å². The van der Waals surface area contributed by atoms with E-state index in [9.17, 15) is 0 Å². The molecule has 3 heterocycles. The quantitative estimate of drug-likeness (QED) is 0.805. The topological polar surface area (TPSA) is 44.8 Å². The predicted octanol–water partition coefficient (Wildman–Crippen LogP) is 3.15. The van der Waals surface area contributed by atoms with Gasteiger partial charge in [0.05, 0.1) is 23.8 Å². The van der Waals surface area contributed by atoms with Gasteiger partial charge in [-0.1, -0.05) is 36.4 Å². The number of rotatable bonds is 4. The van der Waals surface area contributed by atoms with Gasteiger partial charge >= 0.3 is 0 Å². The summed E-state index contributed by atoms with van der Waals surface area (Å²) in [5, 5.41) is 0. The van der Waals surface area contributed by atoms with Gasteiger partial charge in [-0.3, -0.25) is 9.88 Å². The minimum Gasteiger partial charge on any atom is -0.348 e. The molecule has 1 aromatic carbocycles. The number of nitrogens with zero attached hydrogens (tertiary/aromatic N) is 3. The summed E-state index contributed by atoms with van der Waals surface area (Å²) in [5.41, 5.74) is 4.93. The molecule has 0 aliphatic carbocycles. The average Bonchev–Trinajstić information content (AvgIpc) is 3.08. The molecule has 4 nitrogen and oxygen atoms in total. The maximum Gasteiger partial charge on any atom is 0.0925 e. The van der Waals surface area contributed by atoms with Crippen molar-refractivity contribution < 1.29 is 0 Å². The van der Waals surface area contributed by atoms with Crippen LogP contribution in [0.5, 0.6) is 0 Å². The van der Waals surface area contributed by atoms with Crippen LogP contribution in [0.3, 0.4) is 0 Å².